The molecule has 1 aromatic heterocycles. The minimum absolute atomic E-state index is 0.0473. The molecule has 4 rings (SSSR count). The first kappa shape index (κ1) is 21.1. The summed E-state index contributed by atoms with van der Waals surface area (Å²) in [6.07, 6.45) is 3.02. The highest BCUT2D eigenvalue weighted by molar-refractivity contribution is 9.10. The van der Waals surface area contributed by atoms with E-state index in [1.165, 1.54) is 23.1 Å². The van der Waals surface area contributed by atoms with Crippen molar-refractivity contribution in [2.24, 2.45) is 11.1 Å². The summed E-state index contributed by atoms with van der Waals surface area (Å²) >= 11 is 6.41. The van der Waals surface area contributed by atoms with Gasteiger partial charge in [-0.05, 0) is 35.8 Å². The van der Waals surface area contributed by atoms with E-state index in [0.29, 0.717) is 34.9 Å². The van der Waals surface area contributed by atoms with Crippen LogP contribution >= 0.6 is 39.0 Å². The quantitative estimate of drug-likeness (QED) is 0.593. The van der Waals surface area contributed by atoms with Gasteiger partial charge in [0.1, 0.15) is 5.82 Å². The van der Waals surface area contributed by atoms with Crippen LogP contribution in [-0.2, 0) is 4.79 Å². The van der Waals surface area contributed by atoms with Crippen LogP contribution in [0.25, 0.3) is 0 Å². The van der Waals surface area contributed by atoms with E-state index in [1.54, 1.807) is 4.90 Å². The van der Waals surface area contributed by atoms with Gasteiger partial charge in [-0.2, -0.15) is 5.26 Å². The zero-order chi connectivity index (χ0) is 21.6. The van der Waals surface area contributed by atoms with Gasteiger partial charge in [0.05, 0.1) is 17.6 Å². The van der Waals surface area contributed by atoms with Gasteiger partial charge in [0.25, 0.3) is 0 Å². The molecule has 9 heteroatoms. The summed E-state index contributed by atoms with van der Waals surface area (Å²) in [5.74, 6) is -0.128. The predicted molar refractivity (Wildman–Crippen MR) is 123 cm³/mol. The molecular formula is C21H20BrN5OS2. The Morgan fingerprint density at radius 3 is 2.77 bits per heavy atom. The molecule has 2 aromatic rings. The fourth-order valence-electron chi connectivity index (χ4n) is 4.12. The van der Waals surface area contributed by atoms with E-state index in [9.17, 15) is 10.1 Å². The zero-order valence-electron chi connectivity index (χ0n) is 16.8. The van der Waals surface area contributed by atoms with Crippen molar-refractivity contribution in [1.29, 1.82) is 5.26 Å². The standard InChI is InChI=1S/C21H20BrN5OS2/c1-21(2)8-14-17(15(28)9-21)16(11-5-4-6-12(22)7-11)13(10-23)18(24)27(14)19-25-26-20(29-3)30-19/h4-7,16H,8-9,24H2,1-3H3. The molecule has 154 valence electrons. The van der Waals surface area contributed by atoms with Crippen LogP contribution in [0.2, 0.25) is 0 Å². The predicted octanol–water partition coefficient (Wildman–Crippen LogP) is 4.96. The third-order valence-electron chi connectivity index (χ3n) is 5.32. The summed E-state index contributed by atoms with van der Waals surface area (Å²) in [4.78, 5) is 15.2. The molecule has 0 saturated heterocycles. The normalized spacial score (nSPS) is 21.0. The molecule has 0 amide bonds. The molecule has 2 aliphatic rings. The van der Waals surface area contributed by atoms with Crippen molar-refractivity contribution in [3.05, 3.63) is 57.0 Å². The van der Waals surface area contributed by atoms with Crippen molar-refractivity contribution in [2.45, 2.75) is 36.9 Å². The van der Waals surface area contributed by atoms with Gasteiger partial charge in [-0.1, -0.05) is 65.0 Å². The lowest BCUT2D eigenvalue weighted by Gasteiger charge is -2.42. The van der Waals surface area contributed by atoms with Crippen LogP contribution in [-0.4, -0.2) is 22.2 Å². The first-order valence-electron chi connectivity index (χ1n) is 9.35. The van der Waals surface area contributed by atoms with Crippen molar-refractivity contribution in [1.82, 2.24) is 10.2 Å². The molecule has 30 heavy (non-hydrogen) atoms. The number of Topliss-reactive ketones (excluding diaryl/α,β-unsaturated/α-hetero) is 1. The van der Waals surface area contributed by atoms with E-state index in [-0.39, 0.29) is 11.2 Å². The van der Waals surface area contributed by atoms with E-state index in [1.807, 2.05) is 30.5 Å². The Hall–Kier alpha value is -2.15. The zero-order valence-corrected chi connectivity index (χ0v) is 20.0. The number of halogens is 1. The second-order valence-corrected chi connectivity index (χ2v) is 11.0. The van der Waals surface area contributed by atoms with Crippen molar-refractivity contribution in [2.75, 3.05) is 11.2 Å². The van der Waals surface area contributed by atoms with Crippen molar-refractivity contribution >= 4 is 49.9 Å². The number of nitriles is 1. The Kier molecular flexibility index (Phi) is 5.51. The molecule has 1 aromatic carbocycles. The Morgan fingerprint density at radius 2 is 2.13 bits per heavy atom. The fraction of sp³-hybridized carbons (Fsp3) is 0.333. The van der Waals surface area contributed by atoms with Crippen LogP contribution in [0.5, 0.6) is 0 Å². The fourth-order valence-corrected chi connectivity index (χ4v) is 5.84. The van der Waals surface area contributed by atoms with Crippen molar-refractivity contribution in [3.63, 3.8) is 0 Å². The minimum atomic E-state index is -0.490. The van der Waals surface area contributed by atoms with Crippen LogP contribution in [0.1, 0.15) is 38.2 Å². The highest BCUT2D eigenvalue weighted by atomic mass is 79.9. The second-order valence-electron chi connectivity index (χ2n) is 8.09. The second kappa shape index (κ2) is 7.84. The third kappa shape index (κ3) is 3.57. The molecule has 1 aliphatic heterocycles. The first-order chi connectivity index (χ1) is 14.3. The molecule has 6 nitrogen and oxygen atoms in total. The molecule has 2 N–H and O–H groups in total. The molecule has 0 fully saturated rings. The Balaban J connectivity index is 1.99. The smallest absolute Gasteiger partial charge is 0.219 e. The third-order valence-corrected chi connectivity index (χ3v) is 7.70. The van der Waals surface area contributed by atoms with Gasteiger partial charge in [0.2, 0.25) is 5.13 Å². The Morgan fingerprint density at radius 1 is 1.37 bits per heavy atom. The SMILES string of the molecule is CSc1nnc(N2C(N)=C(C#N)C(c3cccc(Br)c3)C3=C2CC(C)(C)CC3=O)s1. The van der Waals surface area contributed by atoms with Crippen LogP contribution in [0.3, 0.4) is 0 Å². The number of ketones is 1. The molecule has 0 saturated carbocycles. The summed E-state index contributed by atoms with van der Waals surface area (Å²) in [6.45, 7) is 4.15. The Bertz CT molecular complexity index is 1140. The van der Waals surface area contributed by atoms with E-state index in [2.05, 4.69) is 46.0 Å². The van der Waals surface area contributed by atoms with Gasteiger partial charge in [-0.15, -0.1) is 10.2 Å². The summed E-state index contributed by atoms with van der Waals surface area (Å²) < 4.78 is 1.69. The first-order valence-corrected chi connectivity index (χ1v) is 12.2. The summed E-state index contributed by atoms with van der Waals surface area (Å²) in [5.41, 5.74) is 9.05. The summed E-state index contributed by atoms with van der Waals surface area (Å²) in [6, 6.07) is 9.98. The van der Waals surface area contributed by atoms with Gasteiger partial charge < -0.3 is 5.73 Å². The molecule has 0 spiro atoms. The van der Waals surface area contributed by atoms with E-state index < -0.39 is 5.92 Å². The number of nitrogens with two attached hydrogens (primary N) is 1. The van der Waals surface area contributed by atoms with Gasteiger partial charge >= 0.3 is 0 Å². The molecule has 2 heterocycles. The molecule has 1 unspecified atom stereocenters. The van der Waals surface area contributed by atoms with Crippen molar-refractivity contribution in [3.8, 4) is 6.07 Å². The van der Waals surface area contributed by atoms with Crippen LogP contribution in [0.4, 0.5) is 5.13 Å². The molecular weight excluding hydrogens is 482 g/mol. The number of benzene rings is 1. The summed E-state index contributed by atoms with van der Waals surface area (Å²) in [7, 11) is 0. The van der Waals surface area contributed by atoms with Gasteiger partial charge in [-0.25, -0.2) is 0 Å². The van der Waals surface area contributed by atoms with Gasteiger partial charge in [0.15, 0.2) is 10.1 Å². The molecule has 0 bridgehead atoms. The maximum Gasteiger partial charge on any atom is 0.219 e. The van der Waals surface area contributed by atoms with E-state index >= 15 is 0 Å². The maximum absolute atomic E-state index is 13.4. The summed E-state index contributed by atoms with van der Waals surface area (Å²) in [5, 5.41) is 19.1. The number of rotatable bonds is 3. The van der Waals surface area contributed by atoms with E-state index in [0.717, 1.165) is 20.1 Å². The highest BCUT2D eigenvalue weighted by Gasteiger charge is 2.45. The lowest BCUT2D eigenvalue weighted by atomic mass is 9.69. The lowest BCUT2D eigenvalue weighted by molar-refractivity contribution is -0.118. The molecule has 1 atom stereocenters. The topological polar surface area (TPSA) is 95.9 Å². The number of anilines is 1. The van der Waals surface area contributed by atoms with E-state index in [4.69, 9.17) is 5.73 Å². The van der Waals surface area contributed by atoms with Gasteiger partial charge in [0, 0.05) is 22.2 Å². The van der Waals surface area contributed by atoms with Crippen molar-refractivity contribution < 1.29 is 4.79 Å². The number of allylic oxidation sites excluding steroid dienone is 3. The molecule has 0 radical (unpaired) electrons. The minimum Gasteiger partial charge on any atom is -0.384 e. The Labute approximate surface area is 192 Å². The number of carbonyl (C=O) groups is 1. The average Bonchev–Trinajstić information content (AvgIpc) is 3.14. The van der Waals surface area contributed by atoms with Crippen LogP contribution in [0.15, 0.2) is 55.7 Å². The number of carbonyl (C=O) groups excluding carboxylic acids is 1. The van der Waals surface area contributed by atoms with Crippen LogP contribution in [0, 0.1) is 16.7 Å². The number of aromatic nitrogens is 2. The number of hydrogen-bond donors (Lipinski definition) is 1. The van der Waals surface area contributed by atoms with Crippen LogP contribution < -0.4 is 10.6 Å². The largest absolute Gasteiger partial charge is 0.384 e. The average molecular weight is 502 g/mol. The highest BCUT2D eigenvalue weighted by Crippen LogP contribution is 2.50. The monoisotopic (exact) mass is 501 g/mol. The number of hydrogen-bond acceptors (Lipinski definition) is 8. The maximum atomic E-state index is 13.4. The van der Waals surface area contributed by atoms with Gasteiger partial charge in [-0.3, -0.25) is 9.69 Å². The number of nitrogens with zero attached hydrogens (tertiary/aromatic N) is 4. The number of thioether (sulfide) groups is 1. The lowest BCUT2D eigenvalue weighted by Crippen LogP contribution is -2.42. The molecule has 1 aliphatic carbocycles.